The fourth-order valence-electron chi connectivity index (χ4n) is 1.63. The van der Waals surface area contributed by atoms with Crippen molar-refractivity contribution < 1.29 is 19.3 Å². The molecule has 1 rings (SSSR count). The molecule has 1 unspecified atom stereocenters. The van der Waals surface area contributed by atoms with Gasteiger partial charge >= 0.3 is 5.69 Å². The third-order valence-corrected chi connectivity index (χ3v) is 2.95. The lowest BCUT2D eigenvalue weighted by molar-refractivity contribution is -0.227. The molecule has 8 heteroatoms. The van der Waals surface area contributed by atoms with Crippen LogP contribution in [0.4, 0.5) is 10.2 Å². The van der Waals surface area contributed by atoms with Crippen molar-refractivity contribution in [1.29, 1.82) is 0 Å². The van der Waals surface area contributed by atoms with E-state index in [9.17, 15) is 14.3 Å². The molecule has 0 fully saturated rings. The highest BCUT2D eigenvalue weighted by atomic mass is 19.1. The van der Waals surface area contributed by atoms with Gasteiger partial charge in [0.2, 0.25) is 6.36 Å². The van der Waals surface area contributed by atoms with Crippen LogP contribution in [0.15, 0.2) is 17.1 Å². The summed E-state index contributed by atoms with van der Waals surface area (Å²) in [7, 11) is 0. The Kier molecular flexibility index (Phi) is 4.98. The van der Waals surface area contributed by atoms with E-state index in [1.54, 1.807) is 6.92 Å². The highest BCUT2D eigenvalue weighted by Crippen LogP contribution is 2.26. The van der Waals surface area contributed by atoms with E-state index in [2.05, 4.69) is 4.98 Å². The Morgan fingerprint density at radius 2 is 2.32 bits per heavy atom. The van der Waals surface area contributed by atoms with Gasteiger partial charge in [-0.15, -0.1) is 0 Å². The Labute approximate surface area is 109 Å². The lowest BCUT2D eigenvalue weighted by Gasteiger charge is -2.34. The largest absolute Gasteiger partial charge is 0.393 e. The zero-order valence-electron chi connectivity index (χ0n) is 10.8. The summed E-state index contributed by atoms with van der Waals surface area (Å²) < 4.78 is 19.6. The number of ether oxygens (including phenoxy) is 1. The third kappa shape index (κ3) is 3.28. The zero-order valence-corrected chi connectivity index (χ0v) is 10.8. The summed E-state index contributed by atoms with van der Waals surface area (Å²) in [5.74, 6) is 0.0582. The van der Waals surface area contributed by atoms with Crippen molar-refractivity contribution in [3.63, 3.8) is 0 Å². The predicted octanol–water partition coefficient (Wildman–Crippen LogP) is -0.210. The van der Waals surface area contributed by atoms with E-state index in [-0.39, 0.29) is 12.2 Å². The van der Waals surface area contributed by atoms with Gasteiger partial charge < -0.3 is 20.7 Å². The van der Waals surface area contributed by atoms with Crippen molar-refractivity contribution >= 4 is 5.82 Å². The van der Waals surface area contributed by atoms with Crippen molar-refractivity contribution in [2.75, 3.05) is 12.3 Å². The van der Waals surface area contributed by atoms with Crippen LogP contribution < -0.4 is 11.4 Å². The summed E-state index contributed by atoms with van der Waals surface area (Å²) in [5, 5.41) is 18.3. The highest BCUT2D eigenvalue weighted by molar-refractivity contribution is 5.23. The maximum Gasteiger partial charge on any atom is 0.351 e. The smallest absolute Gasteiger partial charge is 0.351 e. The number of aliphatic hydroxyl groups is 2. The van der Waals surface area contributed by atoms with Gasteiger partial charge in [-0.3, -0.25) is 4.57 Å². The van der Waals surface area contributed by atoms with Gasteiger partial charge in [-0.25, -0.2) is 9.18 Å². The third-order valence-electron chi connectivity index (χ3n) is 2.95. The minimum atomic E-state index is -2.37. The first-order valence-corrected chi connectivity index (χ1v) is 5.81. The molecule has 0 aromatic carbocycles. The van der Waals surface area contributed by atoms with Gasteiger partial charge in [0.25, 0.3) is 0 Å². The highest BCUT2D eigenvalue weighted by Gasteiger charge is 2.39. The van der Waals surface area contributed by atoms with Gasteiger partial charge in [-0.1, -0.05) is 6.92 Å². The molecule has 0 amide bonds. The van der Waals surface area contributed by atoms with Gasteiger partial charge in [-0.05, 0) is 19.4 Å². The molecule has 0 aliphatic heterocycles. The van der Waals surface area contributed by atoms with Crippen molar-refractivity contribution in [3.8, 4) is 0 Å². The van der Waals surface area contributed by atoms with Crippen LogP contribution >= 0.6 is 0 Å². The second-order valence-electron chi connectivity index (χ2n) is 4.17. The van der Waals surface area contributed by atoms with Gasteiger partial charge in [0, 0.05) is 6.20 Å². The number of hydrogen-bond acceptors (Lipinski definition) is 6. The van der Waals surface area contributed by atoms with Gasteiger partial charge in [0.1, 0.15) is 17.6 Å². The minimum Gasteiger partial charge on any atom is -0.393 e. The summed E-state index contributed by atoms with van der Waals surface area (Å²) in [5.41, 5.74) is 2.91. The van der Waals surface area contributed by atoms with Crippen LogP contribution in [0.25, 0.3) is 0 Å². The van der Waals surface area contributed by atoms with E-state index < -0.39 is 30.5 Å². The number of hydrogen-bond donors (Lipinski definition) is 3. The first kappa shape index (κ1) is 15.5. The first-order chi connectivity index (χ1) is 8.86. The van der Waals surface area contributed by atoms with E-state index in [0.29, 0.717) is 0 Å². The number of aromatic nitrogens is 2. The molecule has 7 nitrogen and oxygen atoms in total. The summed E-state index contributed by atoms with van der Waals surface area (Å²) in [4.78, 5) is 15.1. The normalized spacial score (nSPS) is 17.7. The average molecular weight is 275 g/mol. The Hall–Kier alpha value is -1.51. The summed E-state index contributed by atoms with van der Waals surface area (Å²) >= 11 is 0. The van der Waals surface area contributed by atoms with E-state index in [1.807, 2.05) is 0 Å². The summed E-state index contributed by atoms with van der Waals surface area (Å²) in [6, 6.07) is 1.39. The molecule has 0 radical (unpaired) electrons. The molecule has 0 aliphatic rings. The van der Waals surface area contributed by atoms with E-state index in [1.165, 1.54) is 19.2 Å². The number of nitrogens with zero attached hydrogens (tertiary/aromatic N) is 2. The number of nitrogen functional groups attached to an aromatic ring is 1. The molecule has 108 valence electrons. The second-order valence-corrected chi connectivity index (χ2v) is 4.17. The van der Waals surface area contributed by atoms with Crippen LogP contribution in [0.5, 0.6) is 0 Å². The maximum absolute atomic E-state index is 13.2. The Morgan fingerprint density at radius 1 is 1.68 bits per heavy atom. The number of nitrogens with two attached hydrogens (primary N) is 1. The number of halogens is 1. The number of alkyl halides is 1. The lowest BCUT2D eigenvalue weighted by atomic mass is 10.0. The molecular weight excluding hydrogens is 257 g/mol. The lowest BCUT2D eigenvalue weighted by Crippen LogP contribution is -2.47. The molecular formula is C11H18FN3O4. The number of rotatable bonds is 6. The second kappa shape index (κ2) is 6.09. The Balaban J connectivity index is 3.00. The number of anilines is 1. The molecule has 19 heavy (non-hydrogen) atoms. The van der Waals surface area contributed by atoms with Crippen LogP contribution in [-0.2, 0) is 4.74 Å². The topological polar surface area (TPSA) is 111 Å². The van der Waals surface area contributed by atoms with E-state index >= 15 is 0 Å². The van der Waals surface area contributed by atoms with E-state index in [0.717, 1.165) is 4.57 Å². The first-order valence-electron chi connectivity index (χ1n) is 5.81. The van der Waals surface area contributed by atoms with Crippen molar-refractivity contribution in [2.45, 2.75) is 38.5 Å². The van der Waals surface area contributed by atoms with E-state index in [4.69, 9.17) is 15.6 Å². The van der Waals surface area contributed by atoms with Gasteiger partial charge in [0.15, 0.2) is 0 Å². The fourth-order valence-corrected chi connectivity index (χ4v) is 1.63. The molecule has 4 N–H and O–H groups in total. The maximum atomic E-state index is 13.2. The van der Waals surface area contributed by atoms with Gasteiger partial charge in [0.05, 0.1) is 6.61 Å². The fraction of sp³-hybridized carbons (Fsp3) is 0.636. The summed E-state index contributed by atoms with van der Waals surface area (Å²) in [6.45, 7) is 2.31. The molecule has 0 saturated heterocycles. The van der Waals surface area contributed by atoms with Crippen molar-refractivity contribution in [1.82, 2.24) is 9.55 Å². The minimum absolute atomic E-state index is 0.0304. The number of aliphatic hydroxyl groups excluding tert-OH is 2. The van der Waals surface area contributed by atoms with Crippen molar-refractivity contribution in [3.05, 3.63) is 22.7 Å². The van der Waals surface area contributed by atoms with Crippen LogP contribution in [0.2, 0.25) is 0 Å². The monoisotopic (exact) mass is 275 g/mol. The molecule has 1 aromatic rings. The Bertz CT molecular complexity index is 473. The van der Waals surface area contributed by atoms with Crippen molar-refractivity contribution in [2.24, 2.45) is 0 Å². The average Bonchev–Trinajstić information content (AvgIpc) is 2.35. The predicted molar refractivity (Wildman–Crippen MR) is 65.9 cm³/mol. The zero-order chi connectivity index (χ0) is 14.6. The molecule has 0 saturated carbocycles. The molecule has 3 atom stereocenters. The Morgan fingerprint density at radius 3 is 2.74 bits per heavy atom. The SMILES string of the molecule is CCC(CO)(O[C@H](C)n1ccc(N)nc1=O)[C@@H](O)F. The van der Waals surface area contributed by atoms with Crippen LogP contribution in [0.3, 0.4) is 0 Å². The quantitative estimate of drug-likeness (QED) is 0.662. The summed E-state index contributed by atoms with van der Waals surface area (Å²) in [6.07, 6.45) is -1.92. The molecule has 1 aromatic heterocycles. The van der Waals surface area contributed by atoms with Crippen LogP contribution in [0, 0.1) is 0 Å². The molecule has 0 aliphatic carbocycles. The molecule has 1 heterocycles. The standard InChI is InChI=1S/C11H18FN3O4/c1-3-11(6-16,9(12)17)19-7(2)15-5-4-8(13)14-10(15)18/h4-5,7,9,16-17H,3,6H2,1-2H3,(H2,13,14,18)/t7-,9-,11?/m1/s1. The van der Waals surface area contributed by atoms with Crippen LogP contribution in [0.1, 0.15) is 26.5 Å². The molecule has 0 bridgehead atoms. The van der Waals surface area contributed by atoms with Crippen LogP contribution in [-0.4, -0.2) is 38.3 Å². The van der Waals surface area contributed by atoms with Gasteiger partial charge in [-0.2, -0.15) is 4.98 Å². The molecule has 0 spiro atoms.